The topological polar surface area (TPSA) is 90.5 Å². The van der Waals surface area contributed by atoms with Crippen LogP contribution in [0.15, 0.2) is 60.3 Å². The second-order valence-corrected chi connectivity index (χ2v) is 7.59. The number of nitrogens with zero attached hydrogens (tertiary/aromatic N) is 6. The minimum Gasteiger partial charge on any atom is -0.323 e. The molecule has 4 aromatic rings. The molecule has 0 aliphatic heterocycles. The molecule has 0 unspecified atom stereocenters. The lowest BCUT2D eigenvalue weighted by molar-refractivity contribution is -0.113. The lowest BCUT2D eigenvalue weighted by atomic mass is 10.2. The molecule has 0 fully saturated rings. The average molecular weight is 444 g/mol. The molecule has 2 aromatic heterocycles. The van der Waals surface area contributed by atoms with Crippen LogP contribution < -0.4 is 5.32 Å². The third kappa shape index (κ3) is 4.34. The Morgan fingerprint density at radius 2 is 2.00 bits per heavy atom. The van der Waals surface area contributed by atoms with E-state index < -0.39 is 0 Å². The first-order valence-corrected chi connectivity index (χ1v) is 10.1. The van der Waals surface area contributed by atoms with E-state index in [1.165, 1.54) is 41.2 Å². The third-order valence-corrected chi connectivity index (χ3v) is 5.42. The second kappa shape index (κ2) is 8.64. The van der Waals surface area contributed by atoms with Gasteiger partial charge in [0, 0.05) is 17.6 Å². The molecule has 30 heavy (non-hydrogen) atoms. The van der Waals surface area contributed by atoms with Crippen LogP contribution in [0.2, 0.25) is 5.02 Å². The van der Waals surface area contributed by atoms with Crippen molar-refractivity contribution in [1.29, 1.82) is 0 Å². The lowest BCUT2D eigenvalue weighted by Gasteiger charge is -2.11. The maximum Gasteiger partial charge on any atom is 0.234 e. The Morgan fingerprint density at radius 1 is 1.20 bits per heavy atom. The van der Waals surface area contributed by atoms with Gasteiger partial charge in [-0.05, 0) is 42.5 Å². The van der Waals surface area contributed by atoms with Crippen molar-refractivity contribution in [3.63, 3.8) is 0 Å². The molecule has 0 aliphatic carbocycles. The summed E-state index contributed by atoms with van der Waals surface area (Å²) in [5.41, 5.74) is 1.90. The van der Waals surface area contributed by atoms with Crippen molar-refractivity contribution in [3.05, 3.63) is 66.0 Å². The van der Waals surface area contributed by atoms with Gasteiger partial charge in [-0.1, -0.05) is 23.4 Å². The average Bonchev–Trinajstić information content (AvgIpc) is 3.38. The highest BCUT2D eigenvalue weighted by Gasteiger charge is 2.15. The van der Waals surface area contributed by atoms with Crippen LogP contribution in [0.5, 0.6) is 0 Å². The number of amides is 1. The quantitative estimate of drug-likeness (QED) is 0.458. The van der Waals surface area contributed by atoms with E-state index in [4.69, 9.17) is 11.6 Å². The van der Waals surface area contributed by atoms with Crippen molar-refractivity contribution < 1.29 is 9.18 Å². The summed E-state index contributed by atoms with van der Waals surface area (Å²) in [4.78, 5) is 16.4. The first-order valence-electron chi connectivity index (χ1n) is 8.74. The number of benzene rings is 2. The van der Waals surface area contributed by atoms with E-state index in [1.54, 1.807) is 41.9 Å². The van der Waals surface area contributed by atoms with Crippen molar-refractivity contribution in [2.24, 2.45) is 7.05 Å². The molecular formula is C19H15ClFN7OS. The molecule has 2 heterocycles. The molecule has 0 bridgehead atoms. The van der Waals surface area contributed by atoms with E-state index in [2.05, 4.69) is 25.6 Å². The van der Waals surface area contributed by atoms with Crippen LogP contribution in [-0.4, -0.2) is 41.2 Å². The molecule has 8 nitrogen and oxygen atoms in total. The highest BCUT2D eigenvalue weighted by Crippen LogP contribution is 2.26. The Kier molecular flexibility index (Phi) is 5.77. The smallest absolute Gasteiger partial charge is 0.234 e. The fourth-order valence-electron chi connectivity index (χ4n) is 2.75. The number of rotatable bonds is 6. The zero-order chi connectivity index (χ0) is 21.1. The monoisotopic (exact) mass is 443 g/mol. The first kappa shape index (κ1) is 20.0. The fraction of sp³-hybridized carbons (Fsp3) is 0.105. The normalized spacial score (nSPS) is 10.9. The van der Waals surface area contributed by atoms with Crippen molar-refractivity contribution in [3.8, 4) is 17.1 Å². The molecule has 0 aliphatic rings. The van der Waals surface area contributed by atoms with Crippen LogP contribution in [0.25, 0.3) is 17.1 Å². The summed E-state index contributed by atoms with van der Waals surface area (Å²) in [6, 6.07) is 11.1. The maximum absolute atomic E-state index is 13.1. The highest BCUT2D eigenvalue weighted by molar-refractivity contribution is 7.99. The van der Waals surface area contributed by atoms with Crippen LogP contribution in [-0.2, 0) is 11.8 Å². The second-order valence-electron chi connectivity index (χ2n) is 6.21. The van der Waals surface area contributed by atoms with Crippen LogP contribution >= 0.6 is 23.4 Å². The number of carbonyl (C=O) groups excluding carboxylic acids is 1. The molecule has 0 radical (unpaired) electrons. The van der Waals surface area contributed by atoms with Gasteiger partial charge in [0.1, 0.15) is 18.5 Å². The first-order chi connectivity index (χ1) is 14.5. The van der Waals surface area contributed by atoms with Gasteiger partial charge in [-0.3, -0.25) is 4.79 Å². The predicted octanol–water partition coefficient (Wildman–Crippen LogP) is 3.59. The minimum atomic E-state index is -0.321. The Morgan fingerprint density at radius 3 is 2.73 bits per heavy atom. The van der Waals surface area contributed by atoms with E-state index in [9.17, 15) is 9.18 Å². The van der Waals surface area contributed by atoms with Gasteiger partial charge in [-0.2, -0.15) is 5.10 Å². The molecule has 2 aromatic carbocycles. The van der Waals surface area contributed by atoms with E-state index in [0.717, 1.165) is 5.56 Å². The number of halogens is 2. The van der Waals surface area contributed by atoms with Crippen LogP contribution in [0.1, 0.15) is 0 Å². The van der Waals surface area contributed by atoms with Crippen LogP contribution in [0.3, 0.4) is 0 Å². The van der Waals surface area contributed by atoms with Crippen LogP contribution in [0, 0.1) is 5.82 Å². The number of nitrogens with one attached hydrogen (secondary N) is 1. The van der Waals surface area contributed by atoms with Gasteiger partial charge in [-0.25, -0.2) is 14.1 Å². The zero-order valence-electron chi connectivity index (χ0n) is 15.7. The van der Waals surface area contributed by atoms with Gasteiger partial charge in [0.05, 0.1) is 17.1 Å². The molecular weight excluding hydrogens is 429 g/mol. The Balaban J connectivity index is 1.45. The summed E-state index contributed by atoms with van der Waals surface area (Å²) in [7, 11) is 1.79. The summed E-state index contributed by atoms with van der Waals surface area (Å²) >= 11 is 7.32. The maximum atomic E-state index is 13.1. The molecule has 0 spiro atoms. The predicted molar refractivity (Wildman–Crippen MR) is 112 cm³/mol. The van der Waals surface area contributed by atoms with E-state index in [1.807, 2.05) is 0 Å². The summed E-state index contributed by atoms with van der Waals surface area (Å²) in [6.45, 7) is 0. The highest BCUT2D eigenvalue weighted by atomic mass is 35.5. The van der Waals surface area contributed by atoms with Gasteiger partial charge in [0.15, 0.2) is 11.0 Å². The Hall–Kier alpha value is -3.24. The van der Waals surface area contributed by atoms with Gasteiger partial charge >= 0.3 is 0 Å². The summed E-state index contributed by atoms with van der Waals surface area (Å²) in [6.07, 6.45) is 2.94. The summed E-state index contributed by atoms with van der Waals surface area (Å²) < 4.78 is 16.4. The van der Waals surface area contributed by atoms with Crippen LogP contribution in [0.4, 0.5) is 10.1 Å². The van der Waals surface area contributed by atoms with Gasteiger partial charge in [0.25, 0.3) is 0 Å². The molecule has 1 N–H and O–H groups in total. The molecule has 0 saturated carbocycles. The Labute approximate surface area is 180 Å². The van der Waals surface area contributed by atoms with Crippen molar-refractivity contribution in [2.45, 2.75) is 5.16 Å². The van der Waals surface area contributed by atoms with Gasteiger partial charge < -0.3 is 9.88 Å². The minimum absolute atomic E-state index is 0.110. The number of carbonyl (C=O) groups is 1. The molecule has 11 heteroatoms. The van der Waals surface area contributed by atoms with Crippen molar-refractivity contribution in [2.75, 3.05) is 11.1 Å². The zero-order valence-corrected chi connectivity index (χ0v) is 17.2. The summed E-state index contributed by atoms with van der Waals surface area (Å²) in [5, 5.41) is 16.2. The van der Waals surface area contributed by atoms with Gasteiger partial charge in [-0.15, -0.1) is 10.2 Å². The number of hydrogen-bond donors (Lipinski definition) is 1. The number of thioether (sulfide) groups is 1. The fourth-order valence-corrected chi connectivity index (χ4v) is 3.63. The van der Waals surface area contributed by atoms with Crippen molar-refractivity contribution >= 4 is 35.0 Å². The molecule has 4 rings (SSSR count). The van der Waals surface area contributed by atoms with E-state index in [-0.39, 0.29) is 17.5 Å². The molecule has 1 amide bonds. The Bertz CT molecular complexity index is 1180. The van der Waals surface area contributed by atoms with E-state index >= 15 is 0 Å². The SMILES string of the molecule is Cn1c(SCC(=O)Nc2cc(Cl)ccc2-n2cncn2)nnc1-c1ccc(F)cc1. The molecule has 0 atom stereocenters. The largest absolute Gasteiger partial charge is 0.323 e. The standard InChI is InChI=1S/C19H15ClFN7OS/c1-27-18(12-2-5-14(21)6-3-12)25-26-19(27)30-9-17(29)24-15-8-13(20)4-7-16(15)28-11-22-10-23-28/h2-8,10-11H,9H2,1H3,(H,24,29). The van der Waals surface area contributed by atoms with Crippen molar-refractivity contribution in [1.82, 2.24) is 29.5 Å². The number of aromatic nitrogens is 6. The lowest BCUT2D eigenvalue weighted by Crippen LogP contribution is -2.16. The number of anilines is 1. The summed E-state index contributed by atoms with van der Waals surface area (Å²) in [5.74, 6) is 0.133. The number of hydrogen-bond acceptors (Lipinski definition) is 6. The van der Waals surface area contributed by atoms with E-state index in [0.29, 0.717) is 27.4 Å². The molecule has 152 valence electrons. The molecule has 0 saturated heterocycles. The van der Waals surface area contributed by atoms with Gasteiger partial charge in [0.2, 0.25) is 5.91 Å². The third-order valence-electron chi connectivity index (χ3n) is 4.17.